The first kappa shape index (κ1) is 11.3. The number of aromatic hydroxyl groups is 2. The number of phenols is 2. The van der Waals surface area contributed by atoms with Crippen LogP contribution in [-0.2, 0) is 0 Å². The van der Waals surface area contributed by atoms with E-state index in [-0.39, 0.29) is 46.6 Å². The zero-order chi connectivity index (χ0) is 8.43. The van der Waals surface area contributed by atoms with E-state index in [9.17, 15) is 4.79 Å². The van der Waals surface area contributed by atoms with Crippen LogP contribution in [0.15, 0.2) is 18.2 Å². The molecule has 1 aromatic carbocycles. The molecule has 0 unspecified atom stereocenters. The Kier molecular flexibility index (Phi) is 4.09. The average Bonchev–Trinajstić information content (AvgIpc) is 1.94. The minimum Gasteiger partial charge on any atom is -0.508 e. The van der Waals surface area contributed by atoms with Crippen molar-refractivity contribution in [2.24, 2.45) is 0 Å². The van der Waals surface area contributed by atoms with Crippen LogP contribution in [0, 0.1) is 0 Å². The molecule has 0 atom stereocenters. The number of carbonyl (C=O) groups is 1. The number of hydrogen-bond acceptors (Lipinski definition) is 3. The first-order chi connectivity index (χ1) is 5.11. The molecule has 0 saturated carbocycles. The van der Waals surface area contributed by atoms with E-state index in [1.807, 2.05) is 0 Å². The van der Waals surface area contributed by atoms with Crippen molar-refractivity contribution in [2.75, 3.05) is 0 Å². The Morgan fingerprint density at radius 3 is 2.25 bits per heavy atom. The topological polar surface area (TPSA) is 77.8 Å². The third kappa shape index (κ3) is 2.41. The van der Waals surface area contributed by atoms with E-state index in [0.717, 1.165) is 12.1 Å². The second-order valence-corrected chi connectivity index (χ2v) is 2.01. The van der Waals surface area contributed by atoms with Gasteiger partial charge in [-0.05, 0) is 18.2 Å². The van der Waals surface area contributed by atoms with Gasteiger partial charge in [-0.3, -0.25) is 0 Å². The molecule has 5 heteroatoms. The van der Waals surface area contributed by atoms with Gasteiger partial charge in [0, 0.05) is 0 Å². The molecule has 12 heavy (non-hydrogen) atoms. The number of carboxylic acid groups (broad SMARTS) is 1. The van der Waals surface area contributed by atoms with Crippen LogP contribution in [-0.4, -0.2) is 21.3 Å². The number of aromatic carboxylic acids is 1. The normalized spacial score (nSPS) is 8.67. The summed E-state index contributed by atoms with van der Waals surface area (Å²) in [6.07, 6.45) is 0. The third-order valence-corrected chi connectivity index (χ3v) is 1.21. The van der Waals surface area contributed by atoms with Crippen LogP contribution in [0.2, 0.25) is 0 Å². The summed E-state index contributed by atoms with van der Waals surface area (Å²) in [5.41, 5.74) is -0.301. The molecule has 0 aliphatic carbocycles. The zero-order valence-corrected chi connectivity index (χ0v) is 8.48. The maximum atomic E-state index is 10.3. The van der Waals surface area contributed by atoms with Crippen molar-refractivity contribution in [3.05, 3.63) is 23.8 Å². The van der Waals surface area contributed by atoms with Crippen molar-refractivity contribution in [2.45, 2.75) is 0 Å². The van der Waals surface area contributed by atoms with Gasteiger partial charge in [-0.15, -0.1) is 0 Å². The summed E-state index contributed by atoms with van der Waals surface area (Å²) in [4.78, 5) is 10.3. The summed E-state index contributed by atoms with van der Waals surface area (Å²) in [7, 11) is 0. The first-order valence-corrected chi connectivity index (χ1v) is 2.86. The van der Waals surface area contributed by atoms with Crippen molar-refractivity contribution in [3.63, 3.8) is 0 Å². The van der Waals surface area contributed by atoms with Crippen LogP contribution in [0.5, 0.6) is 11.5 Å². The van der Waals surface area contributed by atoms with Gasteiger partial charge < -0.3 is 15.3 Å². The Balaban J connectivity index is 0.00000121. The Hall–Kier alpha value is -0.710. The maximum Gasteiger partial charge on any atom is 1.00 e. The van der Waals surface area contributed by atoms with Crippen molar-refractivity contribution in [1.82, 2.24) is 0 Å². The minimum atomic E-state index is -1.27. The molecule has 0 aliphatic heterocycles. The molecular formula is C7H6NaO4+. The van der Waals surface area contributed by atoms with Crippen LogP contribution < -0.4 is 29.6 Å². The second-order valence-electron chi connectivity index (χ2n) is 2.01. The quantitative estimate of drug-likeness (QED) is 0.336. The molecule has 0 aliphatic rings. The molecule has 58 valence electrons. The van der Waals surface area contributed by atoms with Gasteiger partial charge in [0.1, 0.15) is 17.1 Å². The molecule has 0 spiro atoms. The van der Waals surface area contributed by atoms with Crippen LogP contribution in [0.3, 0.4) is 0 Å². The van der Waals surface area contributed by atoms with Gasteiger partial charge >= 0.3 is 35.5 Å². The predicted molar refractivity (Wildman–Crippen MR) is 36.7 cm³/mol. The molecule has 0 fully saturated rings. The first-order valence-electron chi connectivity index (χ1n) is 2.86. The van der Waals surface area contributed by atoms with Crippen molar-refractivity contribution in [1.29, 1.82) is 0 Å². The van der Waals surface area contributed by atoms with Crippen LogP contribution in [0.4, 0.5) is 0 Å². The largest absolute Gasteiger partial charge is 1.00 e. The summed E-state index contributed by atoms with van der Waals surface area (Å²) in [6.45, 7) is 0. The van der Waals surface area contributed by atoms with E-state index in [1.165, 1.54) is 6.07 Å². The summed E-state index contributed by atoms with van der Waals surface area (Å²) in [5, 5.41) is 26.1. The van der Waals surface area contributed by atoms with Crippen LogP contribution in [0.25, 0.3) is 0 Å². The van der Waals surface area contributed by atoms with E-state index in [1.54, 1.807) is 0 Å². The second kappa shape index (κ2) is 4.35. The molecular weight excluding hydrogens is 171 g/mol. The van der Waals surface area contributed by atoms with Gasteiger partial charge in [0.25, 0.3) is 0 Å². The summed E-state index contributed by atoms with van der Waals surface area (Å²) < 4.78 is 0. The van der Waals surface area contributed by atoms with E-state index < -0.39 is 5.97 Å². The summed E-state index contributed by atoms with van der Waals surface area (Å²) in [6, 6.07) is 3.32. The molecule has 1 rings (SSSR count). The van der Waals surface area contributed by atoms with Crippen LogP contribution >= 0.6 is 0 Å². The molecule has 0 amide bonds. The predicted octanol–water partition coefficient (Wildman–Crippen LogP) is -2.20. The van der Waals surface area contributed by atoms with Gasteiger partial charge in [0.15, 0.2) is 0 Å². The fourth-order valence-corrected chi connectivity index (χ4v) is 0.695. The summed E-state index contributed by atoms with van der Waals surface area (Å²) in [5.74, 6) is -1.80. The monoisotopic (exact) mass is 177 g/mol. The maximum absolute atomic E-state index is 10.3. The molecule has 0 saturated heterocycles. The van der Waals surface area contributed by atoms with Crippen molar-refractivity contribution < 1.29 is 49.7 Å². The fourth-order valence-electron chi connectivity index (χ4n) is 0.695. The van der Waals surface area contributed by atoms with Gasteiger partial charge in [0.05, 0.1) is 0 Å². The Bertz CT molecular complexity index is 297. The van der Waals surface area contributed by atoms with Gasteiger partial charge in [-0.2, -0.15) is 0 Å². The number of benzene rings is 1. The van der Waals surface area contributed by atoms with E-state index in [4.69, 9.17) is 15.3 Å². The number of phenolic OH excluding ortho intramolecular Hbond substituents is 1. The average molecular weight is 177 g/mol. The molecule has 0 radical (unpaired) electrons. The fraction of sp³-hybridized carbons (Fsp3) is 0. The van der Waals surface area contributed by atoms with E-state index >= 15 is 0 Å². The molecule has 1 aromatic rings. The van der Waals surface area contributed by atoms with E-state index in [0.29, 0.717) is 0 Å². The molecule has 3 N–H and O–H groups in total. The molecule has 0 aromatic heterocycles. The molecule has 0 heterocycles. The number of hydrogen-bond donors (Lipinski definition) is 3. The SMILES string of the molecule is O=C(O)c1cc(O)ccc1O.[Na+]. The van der Waals surface area contributed by atoms with Gasteiger partial charge in [-0.25, -0.2) is 4.79 Å². The number of rotatable bonds is 1. The van der Waals surface area contributed by atoms with Gasteiger partial charge in [0.2, 0.25) is 0 Å². The smallest absolute Gasteiger partial charge is 0.508 e. The van der Waals surface area contributed by atoms with Crippen molar-refractivity contribution in [3.8, 4) is 11.5 Å². The molecule has 0 bridgehead atoms. The standard InChI is InChI=1S/C7H6O4.Na/c8-4-1-2-6(9)5(3-4)7(10)11;/h1-3,8-9H,(H,10,11);/q;+1. The summed E-state index contributed by atoms with van der Waals surface area (Å²) >= 11 is 0. The Morgan fingerprint density at radius 1 is 1.25 bits per heavy atom. The zero-order valence-electron chi connectivity index (χ0n) is 6.48. The molecule has 4 nitrogen and oxygen atoms in total. The van der Waals surface area contributed by atoms with E-state index in [2.05, 4.69) is 0 Å². The van der Waals surface area contributed by atoms with Crippen molar-refractivity contribution >= 4 is 5.97 Å². The van der Waals surface area contributed by atoms with Gasteiger partial charge in [-0.1, -0.05) is 0 Å². The minimum absolute atomic E-state index is 0. The third-order valence-electron chi connectivity index (χ3n) is 1.21. The number of carboxylic acids is 1. The van der Waals surface area contributed by atoms with Crippen LogP contribution in [0.1, 0.15) is 10.4 Å². The Labute approximate surface area is 90.8 Å². The Morgan fingerprint density at radius 2 is 1.83 bits per heavy atom.